The largest absolute Gasteiger partial charge is 0.394 e. The number of aliphatic hydroxyl groups is 1. The Kier molecular flexibility index (Phi) is 6.07. The van der Waals surface area contributed by atoms with E-state index in [9.17, 15) is 4.79 Å². The molecule has 1 saturated carbocycles. The number of rotatable bonds is 5. The number of hydrogen-bond donors (Lipinski definition) is 3. The fourth-order valence-corrected chi connectivity index (χ4v) is 2.92. The van der Waals surface area contributed by atoms with E-state index in [0.29, 0.717) is 12.5 Å². The Morgan fingerprint density at radius 1 is 1.53 bits per heavy atom. The van der Waals surface area contributed by atoms with E-state index in [2.05, 4.69) is 36.6 Å². The molecule has 5 nitrogen and oxygen atoms in total. The fourth-order valence-electron chi connectivity index (χ4n) is 2.92. The van der Waals surface area contributed by atoms with Crippen LogP contribution in [0.2, 0.25) is 0 Å². The van der Waals surface area contributed by atoms with Crippen molar-refractivity contribution in [1.82, 2.24) is 15.5 Å². The highest BCUT2D eigenvalue weighted by atomic mass is 16.3. The van der Waals surface area contributed by atoms with E-state index in [0.717, 1.165) is 12.8 Å². The Labute approximate surface area is 116 Å². The smallest absolute Gasteiger partial charge is 0.315 e. The number of nitrogens with one attached hydrogen (secondary N) is 2. The number of likely N-dealkylation sites (N-methyl/N-ethyl adjacent to an activating group) is 1. The highest BCUT2D eigenvalue weighted by Crippen LogP contribution is 2.35. The van der Waals surface area contributed by atoms with Gasteiger partial charge in [0, 0.05) is 12.1 Å². The van der Waals surface area contributed by atoms with Gasteiger partial charge in [0.05, 0.1) is 12.6 Å². The van der Waals surface area contributed by atoms with E-state index in [4.69, 9.17) is 5.11 Å². The Balaban J connectivity index is 2.52. The van der Waals surface area contributed by atoms with Gasteiger partial charge in [-0.15, -0.1) is 0 Å². The van der Waals surface area contributed by atoms with Crippen LogP contribution in [0.1, 0.15) is 39.5 Å². The average molecular weight is 271 g/mol. The number of hydrogen-bond acceptors (Lipinski definition) is 3. The fraction of sp³-hybridized carbons (Fsp3) is 0.929. The maximum Gasteiger partial charge on any atom is 0.315 e. The Bertz CT molecular complexity index is 296. The minimum atomic E-state index is -0.208. The summed E-state index contributed by atoms with van der Waals surface area (Å²) in [7, 11) is 4.18. The molecule has 0 aliphatic heterocycles. The molecule has 1 aliphatic rings. The van der Waals surface area contributed by atoms with E-state index in [-0.39, 0.29) is 24.2 Å². The lowest BCUT2D eigenvalue weighted by Gasteiger charge is -2.45. The molecule has 0 radical (unpaired) electrons. The number of urea groups is 1. The van der Waals surface area contributed by atoms with Crippen LogP contribution in [0.4, 0.5) is 4.79 Å². The van der Waals surface area contributed by atoms with Crippen LogP contribution in [0.5, 0.6) is 0 Å². The van der Waals surface area contributed by atoms with Crippen molar-refractivity contribution < 1.29 is 9.90 Å². The first-order valence-electron chi connectivity index (χ1n) is 7.22. The summed E-state index contributed by atoms with van der Waals surface area (Å²) in [6, 6.07) is -0.401. The Hall–Kier alpha value is -0.810. The van der Waals surface area contributed by atoms with E-state index in [1.165, 1.54) is 12.8 Å². The van der Waals surface area contributed by atoms with E-state index >= 15 is 0 Å². The molecule has 0 aromatic carbocycles. The molecule has 0 aromatic heterocycles. The summed E-state index contributed by atoms with van der Waals surface area (Å²) >= 11 is 0. The van der Waals surface area contributed by atoms with Gasteiger partial charge in [0.1, 0.15) is 0 Å². The summed E-state index contributed by atoms with van der Waals surface area (Å²) in [5.41, 5.74) is 0.0669. The average Bonchev–Trinajstić information content (AvgIpc) is 2.36. The van der Waals surface area contributed by atoms with Gasteiger partial charge in [-0.05, 0) is 39.8 Å². The number of nitrogens with zero attached hydrogens (tertiary/aromatic N) is 1. The molecule has 0 heterocycles. The van der Waals surface area contributed by atoms with Gasteiger partial charge in [0.25, 0.3) is 0 Å². The third kappa shape index (κ3) is 4.66. The molecule has 0 aromatic rings. The molecule has 1 aliphatic carbocycles. The first kappa shape index (κ1) is 16.2. The molecule has 1 rings (SSSR count). The summed E-state index contributed by atoms with van der Waals surface area (Å²) in [4.78, 5) is 14.0. The molecule has 19 heavy (non-hydrogen) atoms. The Morgan fingerprint density at radius 3 is 2.74 bits per heavy atom. The second kappa shape index (κ2) is 7.10. The summed E-state index contributed by atoms with van der Waals surface area (Å²) in [6.45, 7) is 4.69. The van der Waals surface area contributed by atoms with Crippen molar-refractivity contribution in [1.29, 1.82) is 0 Å². The number of carbonyl (C=O) groups excluding carboxylic acids is 1. The van der Waals surface area contributed by atoms with Crippen molar-refractivity contribution in [3.63, 3.8) is 0 Å². The highest BCUT2D eigenvalue weighted by Gasteiger charge is 2.37. The third-order valence-electron chi connectivity index (χ3n) is 4.25. The van der Waals surface area contributed by atoms with Gasteiger partial charge in [0.2, 0.25) is 0 Å². The lowest BCUT2D eigenvalue weighted by atomic mass is 9.75. The van der Waals surface area contributed by atoms with Gasteiger partial charge in [-0.1, -0.05) is 19.8 Å². The lowest BCUT2D eigenvalue weighted by molar-refractivity contribution is 0.0771. The standard InChI is InChI=1S/C14H29N3O2/c1-11-6-5-7-14(8-11,17(3)4)10-15-13(19)16-12(2)9-18/h11-12,18H,5-10H2,1-4H3,(H2,15,16,19). The van der Waals surface area contributed by atoms with Crippen molar-refractivity contribution in [3.8, 4) is 0 Å². The van der Waals surface area contributed by atoms with Gasteiger partial charge in [-0.3, -0.25) is 0 Å². The summed E-state index contributed by atoms with van der Waals surface area (Å²) in [6.07, 6.45) is 4.75. The van der Waals surface area contributed by atoms with E-state index in [1.54, 1.807) is 6.92 Å². The van der Waals surface area contributed by atoms with Crippen LogP contribution in [0.25, 0.3) is 0 Å². The van der Waals surface area contributed by atoms with Crippen LogP contribution in [-0.2, 0) is 0 Å². The maximum absolute atomic E-state index is 11.7. The topological polar surface area (TPSA) is 64.6 Å². The molecule has 1 fully saturated rings. The van der Waals surface area contributed by atoms with Gasteiger partial charge in [-0.25, -0.2) is 4.79 Å². The van der Waals surface area contributed by atoms with Crippen LogP contribution in [0.3, 0.4) is 0 Å². The van der Waals surface area contributed by atoms with Crippen molar-refractivity contribution >= 4 is 6.03 Å². The minimum Gasteiger partial charge on any atom is -0.394 e. The molecule has 3 unspecified atom stereocenters. The molecule has 0 spiro atoms. The molecule has 0 saturated heterocycles. The quantitative estimate of drug-likeness (QED) is 0.703. The SMILES string of the molecule is CC1CCCC(CNC(=O)NC(C)CO)(N(C)C)C1. The van der Waals surface area contributed by atoms with Gasteiger partial charge >= 0.3 is 6.03 Å². The van der Waals surface area contributed by atoms with Crippen LogP contribution in [-0.4, -0.2) is 54.9 Å². The van der Waals surface area contributed by atoms with Gasteiger partial charge in [0.15, 0.2) is 0 Å². The molecule has 2 amide bonds. The predicted octanol–water partition coefficient (Wildman–Crippen LogP) is 1.18. The van der Waals surface area contributed by atoms with Crippen molar-refractivity contribution in [3.05, 3.63) is 0 Å². The molecule has 3 N–H and O–H groups in total. The monoisotopic (exact) mass is 271 g/mol. The molecular weight excluding hydrogens is 242 g/mol. The summed E-state index contributed by atoms with van der Waals surface area (Å²) in [5, 5.41) is 14.6. The summed E-state index contributed by atoms with van der Waals surface area (Å²) < 4.78 is 0. The summed E-state index contributed by atoms with van der Waals surface area (Å²) in [5.74, 6) is 0.706. The van der Waals surface area contributed by atoms with Crippen LogP contribution >= 0.6 is 0 Å². The van der Waals surface area contributed by atoms with Crippen LogP contribution in [0, 0.1) is 5.92 Å². The second-order valence-corrected chi connectivity index (χ2v) is 6.23. The van der Waals surface area contributed by atoms with Crippen molar-refractivity contribution in [2.24, 2.45) is 5.92 Å². The van der Waals surface area contributed by atoms with E-state index in [1.807, 2.05) is 0 Å². The first-order valence-corrected chi connectivity index (χ1v) is 7.22. The number of aliphatic hydroxyl groups excluding tert-OH is 1. The highest BCUT2D eigenvalue weighted by molar-refractivity contribution is 5.74. The molecule has 5 heteroatoms. The van der Waals surface area contributed by atoms with Crippen LogP contribution < -0.4 is 10.6 Å². The lowest BCUT2D eigenvalue weighted by Crippen LogP contribution is -2.56. The third-order valence-corrected chi connectivity index (χ3v) is 4.25. The molecule has 112 valence electrons. The normalized spacial score (nSPS) is 29.1. The minimum absolute atomic E-state index is 0.0384. The van der Waals surface area contributed by atoms with Crippen molar-refractivity contribution in [2.75, 3.05) is 27.2 Å². The maximum atomic E-state index is 11.7. The van der Waals surface area contributed by atoms with Crippen molar-refractivity contribution in [2.45, 2.75) is 51.1 Å². The second-order valence-electron chi connectivity index (χ2n) is 6.23. The first-order chi connectivity index (χ1) is 8.89. The number of amides is 2. The number of carbonyl (C=O) groups is 1. The zero-order chi connectivity index (χ0) is 14.5. The van der Waals surface area contributed by atoms with E-state index < -0.39 is 0 Å². The van der Waals surface area contributed by atoms with Crippen LogP contribution in [0.15, 0.2) is 0 Å². The molecule has 3 atom stereocenters. The molecular formula is C14H29N3O2. The molecule has 0 bridgehead atoms. The Morgan fingerprint density at radius 2 is 2.21 bits per heavy atom. The zero-order valence-electron chi connectivity index (χ0n) is 12.7. The van der Waals surface area contributed by atoms with Gasteiger partial charge in [-0.2, -0.15) is 0 Å². The van der Waals surface area contributed by atoms with Gasteiger partial charge < -0.3 is 20.6 Å². The zero-order valence-corrected chi connectivity index (χ0v) is 12.7. The predicted molar refractivity (Wildman–Crippen MR) is 77.1 cm³/mol.